The largest absolute Gasteiger partial charge is 0.366 e. The Morgan fingerprint density at radius 1 is 1.26 bits per heavy atom. The lowest BCUT2D eigenvalue weighted by atomic mass is 9.92. The van der Waals surface area contributed by atoms with Gasteiger partial charge in [-0.2, -0.15) is 0 Å². The minimum atomic E-state index is -0.385. The maximum Gasteiger partial charge on any atom is 0.250 e. The minimum absolute atomic E-state index is 0.0130. The summed E-state index contributed by atoms with van der Waals surface area (Å²) in [5.41, 5.74) is 2.51. The summed E-state index contributed by atoms with van der Waals surface area (Å²) < 4.78 is 5.55. The van der Waals surface area contributed by atoms with Crippen LogP contribution in [0.25, 0.3) is 0 Å². The highest BCUT2D eigenvalue weighted by Gasteiger charge is 2.26. The molecule has 0 bridgehead atoms. The van der Waals surface area contributed by atoms with Crippen molar-refractivity contribution in [3.63, 3.8) is 0 Å². The fraction of sp³-hybridized carbons (Fsp3) is 0.632. The van der Waals surface area contributed by atoms with Gasteiger partial charge in [0.1, 0.15) is 6.10 Å². The van der Waals surface area contributed by atoms with Gasteiger partial charge in [-0.25, -0.2) is 0 Å². The van der Waals surface area contributed by atoms with E-state index in [-0.39, 0.29) is 18.1 Å². The molecular weight excluding hydrogens is 288 g/mol. The monoisotopic (exact) mass is 318 g/mol. The number of carbonyl (C=O) groups excluding carboxylic acids is 1. The molecule has 0 saturated carbocycles. The molecule has 128 valence electrons. The van der Waals surface area contributed by atoms with Crippen molar-refractivity contribution in [1.29, 1.82) is 0 Å². The van der Waals surface area contributed by atoms with Crippen molar-refractivity contribution in [2.45, 2.75) is 52.2 Å². The molecule has 0 aliphatic carbocycles. The number of rotatable bonds is 6. The Labute approximate surface area is 140 Å². The Kier molecular flexibility index (Phi) is 6.60. The molecule has 3 unspecified atom stereocenters. The highest BCUT2D eigenvalue weighted by atomic mass is 16.5. The summed E-state index contributed by atoms with van der Waals surface area (Å²) >= 11 is 0. The van der Waals surface area contributed by atoms with E-state index in [4.69, 9.17) is 4.74 Å². The molecular formula is C19H30N2O2. The standard InChI is InChI=1S/C19H30N2O2/c1-5-14(4)15-6-8-16(9-7-15)18(13(2)3)21-19(22)17-12-20-10-11-23-17/h6-9,13-14,17-18,20H,5,10-12H2,1-4H3,(H,21,22). The SMILES string of the molecule is CCC(C)c1ccc(C(NC(=O)C2CNCCO2)C(C)C)cc1. The fourth-order valence-corrected chi connectivity index (χ4v) is 2.88. The molecule has 1 aromatic rings. The van der Waals surface area contributed by atoms with E-state index in [9.17, 15) is 4.79 Å². The molecule has 0 aromatic heterocycles. The number of hydrogen-bond acceptors (Lipinski definition) is 3. The first-order valence-corrected chi connectivity index (χ1v) is 8.75. The molecule has 1 heterocycles. The van der Waals surface area contributed by atoms with Crippen molar-refractivity contribution in [3.05, 3.63) is 35.4 Å². The van der Waals surface area contributed by atoms with Crippen molar-refractivity contribution < 1.29 is 9.53 Å². The molecule has 1 aromatic carbocycles. The molecule has 4 heteroatoms. The van der Waals surface area contributed by atoms with Gasteiger partial charge in [-0.1, -0.05) is 52.0 Å². The summed E-state index contributed by atoms with van der Waals surface area (Å²) in [5, 5.41) is 6.36. The number of benzene rings is 1. The summed E-state index contributed by atoms with van der Waals surface area (Å²) in [6, 6.07) is 8.67. The van der Waals surface area contributed by atoms with Crippen LogP contribution >= 0.6 is 0 Å². The second kappa shape index (κ2) is 8.46. The van der Waals surface area contributed by atoms with E-state index in [0.29, 0.717) is 25.0 Å². The van der Waals surface area contributed by atoms with Gasteiger partial charge in [-0.3, -0.25) is 4.79 Å². The fourth-order valence-electron chi connectivity index (χ4n) is 2.88. The maximum absolute atomic E-state index is 12.4. The third-order valence-electron chi connectivity index (χ3n) is 4.66. The van der Waals surface area contributed by atoms with E-state index >= 15 is 0 Å². The Balaban J connectivity index is 2.07. The van der Waals surface area contributed by atoms with Crippen LogP contribution in [0.15, 0.2) is 24.3 Å². The zero-order chi connectivity index (χ0) is 16.8. The van der Waals surface area contributed by atoms with Crippen LogP contribution in [-0.4, -0.2) is 31.7 Å². The summed E-state index contributed by atoms with van der Waals surface area (Å²) in [4.78, 5) is 12.4. The van der Waals surface area contributed by atoms with Gasteiger partial charge in [0.25, 0.3) is 5.91 Å². The van der Waals surface area contributed by atoms with Crippen LogP contribution in [0.2, 0.25) is 0 Å². The zero-order valence-electron chi connectivity index (χ0n) is 14.8. The topological polar surface area (TPSA) is 50.4 Å². The molecule has 3 atom stereocenters. The molecule has 0 radical (unpaired) electrons. The van der Waals surface area contributed by atoms with Gasteiger partial charge in [0.05, 0.1) is 12.6 Å². The Morgan fingerprint density at radius 3 is 2.43 bits per heavy atom. The van der Waals surface area contributed by atoms with Crippen molar-refractivity contribution in [3.8, 4) is 0 Å². The normalized spacial score (nSPS) is 21.0. The van der Waals surface area contributed by atoms with Gasteiger partial charge >= 0.3 is 0 Å². The average molecular weight is 318 g/mol. The molecule has 1 aliphatic heterocycles. The van der Waals surface area contributed by atoms with Crippen LogP contribution in [0.4, 0.5) is 0 Å². The number of nitrogens with one attached hydrogen (secondary N) is 2. The van der Waals surface area contributed by atoms with E-state index in [0.717, 1.165) is 18.5 Å². The number of morpholine rings is 1. The molecule has 2 rings (SSSR count). The number of carbonyl (C=O) groups is 1. The Hall–Kier alpha value is -1.39. The molecule has 1 aliphatic rings. The van der Waals surface area contributed by atoms with Crippen LogP contribution in [0, 0.1) is 5.92 Å². The lowest BCUT2D eigenvalue weighted by molar-refractivity contribution is -0.135. The van der Waals surface area contributed by atoms with Crippen LogP contribution in [0.1, 0.15) is 57.2 Å². The third-order valence-corrected chi connectivity index (χ3v) is 4.66. The average Bonchev–Trinajstić information content (AvgIpc) is 2.59. The predicted molar refractivity (Wildman–Crippen MR) is 93.5 cm³/mol. The predicted octanol–water partition coefficient (Wildman–Crippen LogP) is 3.00. The zero-order valence-corrected chi connectivity index (χ0v) is 14.8. The third kappa shape index (κ3) is 4.79. The van der Waals surface area contributed by atoms with Crippen LogP contribution < -0.4 is 10.6 Å². The van der Waals surface area contributed by atoms with E-state index in [1.165, 1.54) is 5.56 Å². The van der Waals surface area contributed by atoms with E-state index in [2.05, 4.69) is 62.6 Å². The molecule has 23 heavy (non-hydrogen) atoms. The lowest BCUT2D eigenvalue weighted by Gasteiger charge is -2.28. The van der Waals surface area contributed by atoms with E-state index in [1.807, 2.05) is 0 Å². The van der Waals surface area contributed by atoms with E-state index in [1.54, 1.807) is 0 Å². The molecule has 4 nitrogen and oxygen atoms in total. The lowest BCUT2D eigenvalue weighted by Crippen LogP contribution is -2.49. The Bertz CT molecular complexity index is 493. The number of hydrogen-bond donors (Lipinski definition) is 2. The van der Waals surface area contributed by atoms with Gasteiger partial charge in [0.15, 0.2) is 0 Å². The molecule has 1 saturated heterocycles. The maximum atomic E-state index is 12.4. The van der Waals surface area contributed by atoms with Crippen LogP contribution in [-0.2, 0) is 9.53 Å². The summed E-state index contributed by atoms with van der Waals surface area (Å²) in [5.74, 6) is 0.865. The number of ether oxygens (including phenoxy) is 1. The van der Waals surface area contributed by atoms with Gasteiger partial charge in [-0.05, 0) is 29.4 Å². The van der Waals surface area contributed by atoms with Gasteiger partial charge in [0, 0.05) is 13.1 Å². The summed E-state index contributed by atoms with van der Waals surface area (Å²) in [6.07, 6.45) is 0.750. The first-order chi connectivity index (χ1) is 11.0. The second-order valence-electron chi connectivity index (χ2n) is 6.77. The van der Waals surface area contributed by atoms with Crippen molar-refractivity contribution in [2.24, 2.45) is 5.92 Å². The van der Waals surface area contributed by atoms with Crippen molar-refractivity contribution in [2.75, 3.05) is 19.7 Å². The quantitative estimate of drug-likeness (QED) is 0.848. The molecule has 0 spiro atoms. The number of amides is 1. The van der Waals surface area contributed by atoms with Crippen LogP contribution in [0.3, 0.4) is 0 Å². The highest BCUT2D eigenvalue weighted by molar-refractivity contribution is 5.81. The molecule has 1 amide bonds. The smallest absolute Gasteiger partial charge is 0.250 e. The Morgan fingerprint density at radius 2 is 1.91 bits per heavy atom. The second-order valence-corrected chi connectivity index (χ2v) is 6.77. The van der Waals surface area contributed by atoms with Crippen LogP contribution in [0.5, 0.6) is 0 Å². The van der Waals surface area contributed by atoms with E-state index < -0.39 is 0 Å². The van der Waals surface area contributed by atoms with Crippen molar-refractivity contribution >= 4 is 5.91 Å². The highest BCUT2D eigenvalue weighted by Crippen LogP contribution is 2.25. The first-order valence-electron chi connectivity index (χ1n) is 8.75. The minimum Gasteiger partial charge on any atom is -0.366 e. The van der Waals surface area contributed by atoms with Gasteiger partial charge in [0.2, 0.25) is 0 Å². The van der Waals surface area contributed by atoms with Gasteiger partial charge < -0.3 is 15.4 Å². The summed E-state index contributed by atoms with van der Waals surface area (Å²) in [7, 11) is 0. The molecule has 1 fully saturated rings. The first kappa shape index (κ1) is 18.0. The summed E-state index contributed by atoms with van der Waals surface area (Å²) in [6.45, 7) is 10.7. The molecule has 2 N–H and O–H groups in total. The van der Waals surface area contributed by atoms with Gasteiger partial charge in [-0.15, -0.1) is 0 Å². The van der Waals surface area contributed by atoms with Crippen molar-refractivity contribution in [1.82, 2.24) is 10.6 Å².